The van der Waals surface area contributed by atoms with E-state index in [1.165, 1.54) is 12.1 Å². The van der Waals surface area contributed by atoms with Gasteiger partial charge in [-0.25, -0.2) is 0 Å². The number of rotatable bonds is 5. The van der Waals surface area contributed by atoms with Crippen LogP contribution in [-0.4, -0.2) is 17.8 Å². The fourth-order valence-electron chi connectivity index (χ4n) is 3.31. The Balaban J connectivity index is 1.98. The molecule has 0 fully saturated rings. The van der Waals surface area contributed by atoms with Crippen LogP contribution in [0.4, 0.5) is 11.4 Å². The first-order valence-corrected chi connectivity index (χ1v) is 8.50. The van der Waals surface area contributed by atoms with Gasteiger partial charge in [-0.1, -0.05) is 18.2 Å². The number of nitro benzene ring substituents is 1. The molecule has 2 aromatic rings. The average molecular weight is 364 g/mol. The Labute approximate surface area is 157 Å². The third kappa shape index (κ3) is 3.60. The van der Waals surface area contributed by atoms with E-state index in [4.69, 9.17) is 4.74 Å². The van der Waals surface area contributed by atoms with E-state index >= 15 is 0 Å². The van der Waals surface area contributed by atoms with Gasteiger partial charge in [0.05, 0.1) is 12.0 Å². The summed E-state index contributed by atoms with van der Waals surface area (Å²) in [4.78, 5) is 24.8. The Morgan fingerprint density at radius 2 is 1.74 bits per heavy atom. The van der Waals surface area contributed by atoms with Gasteiger partial charge >= 0.3 is 0 Å². The lowest BCUT2D eigenvalue weighted by molar-refractivity contribution is -0.384. The normalized spacial score (nSPS) is 16.4. The van der Waals surface area contributed by atoms with E-state index in [1.54, 1.807) is 26.2 Å². The maximum Gasteiger partial charge on any atom is 0.269 e. The molecule has 6 heteroatoms. The standard InChI is InChI=1S/C21H20N2O4/c1-14-21(15(2)24)20(16-4-6-18(7-5-16)23(25)26)12-13-22(14)17-8-10-19(27-3)11-9-17/h4-13,20H,1-3H3. The molecule has 1 atom stereocenters. The molecule has 3 rings (SSSR count). The fraction of sp³-hybridized carbons (Fsp3) is 0.190. The van der Waals surface area contributed by atoms with Crippen LogP contribution in [0.3, 0.4) is 0 Å². The first-order valence-electron chi connectivity index (χ1n) is 8.50. The number of hydrogen-bond acceptors (Lipinski definition) is 5. The zero-order valence-electron chi connectivity index (χ0n) is 15.4. The number of carbonyl (C=O) groups is 1. The van der Waals surface area contributed by atoms with Crippen LogP contribution in [0.15, 0.2) is 72.1 Å². The van der Waals surface area contributed by atoms with E-state index < -0.39 is 4.92 Å². The Morgan fingerprint density at radius 3 is 2.26 bits per heavy atom. The second kappa shape index (κ2) is 7.45. The maximum absolute atomic E-state index is 12.4. The third-order valence-corrected chi connectivity index (χ3v) is 4.68. The van der Waals surface area contributed by atoms with Gasteiger partial charge in [0.25, 0.3) is 5.69 Å². The highest BCUT2D eigenvalue weighted by Gasteiger charge is 2.27. The second-order valence-corrected chi connectivity index (χ2v) is 6.29. The van der Waals surface area contributed by atoms with Crippen LogP contribution in [0.5, 0.6) is 5.75 Å². The van der Waals surface area contributed by atoms with Crippen molar-refractivity contribution in [3.8, 4) is 5.75 Å². The topological polar surface area (TPSA) is 72.7 Å². The maximum atomic E-state index is 12.4. The monoisotopic (exact) mass is 364 g/mol. The summed E-state index contributed by atoms with van der Waals surface area (Å²) in [5, 5.41) is 10.9. The number of nitrogens with zero attached hydrogens (tertiary/aromatic N) is 2. The number of carbonyl (C=O) groups excluding carboxylic acids is 1. The highest BCUT2D eigenvalue weighted by Crippen LogP contribution is 2.37. The van der Waals surface area contributed by atoms with E-state index in [1.807, 2.05) is 48.4 Å². The number of non-ortho nitro benzene ring substituents is 1. The predicted octanol–water partition coefficient (Wildman–Crippen LogP) is 4.58. The van der Waals surface area contributed by atoms with Crippen molar-refractivity contribution in [3.05, 3.63) is 87.8 Å². The lowest BCUT2D eigenvalue weighted by Gasteiger charge is -2.31. The quantitative estimate of drug-likeness (QED) is 0.573. The molecule has 1 unspecified atom stereocenters. The van der Waals surface area contributed by atoms with Crippen molar-refractivity contribution < 1.29 is 14.5 Å². The smallest absolute Gasteiger partial charge is 0.269 e. The molecule has 0 aliphatic carbocycles. The highest BCUT2D eigenvalue weighted by molar-refractivity contribution is 5.97. The van der Waals surface area contributed by atoms with E-state index in [-0.39, 0.29) is 17.4 Å². The van der Waals surface area contributed by atoms with Crippen LogP contribution in [0, 0.1) is 10.1 Å². The molecule has 1 heterocycles. The van der Waals surface area contributed by atoms with Gasteiger partial charge in [-0.05, 0) is 43.7 Å². The number of allylic oxidation sites excluding steroid dienone is 3. The van der Waals surface area contributed by atoms with Crippen molar-refractivity contribution in [2.75, 3.05) is 12.0 Å². The molecule has 2 aromatic carbocycles. The largest absolute Gasteiger partial charge is 0.497 e. The minimum atomic E-state index is -0.432. The summed E-state index contributed by atoms with van der Waals surface area (Å²) in [6.07, 6.45) is 3.87. The van der Waals surface area contributed by atoms with E-state index in [9.17, 15) is 14.9 Å². The number of anilines is 1. The average Bonchev–Trinajstić information content (AvgIpc) is 2.67. The summed E-state index contributed by atoms with van der Waals surface area (Å²) in [7, 11) is 1.61. The second-order valence-electron chi connectivity index (χ2n) is 6.29. The van der Waals surface area contributed by atoms with Crippen LogP contribution in [0.1, 0.15) is 25.3 Å². The van der Waals surface area contributed by atoms with Crippen LogP contribution >= 0.6 is 0 Å². The van der Waals surface area contributed by atoms with Gasteiger partial charge in [-0.3, -0.25) is 14.9 Å². The van der Waals surface area contributed by atoms with Gasteiger partial charge in [0.15, 0.2) is 5.78 Å². The van der Waals surface area contributed by atoms with Crippen LogP contribution in [0.25, 0.3) is 0 Å². The molecular formula is C21H20N2O4. The fourth-order valence-corrected chi connectivity index (χ4v) is 3.31. The van der Waals surface area contributed by atoms with Gasteiger partial charge in [-0.15, -0.1) is 0 Å². The van der Waals surface area contributed by atoms with Crippen LogP contribution in [0.2, 0.25) is 0 Å². The SMILES string of the molecule is COc1ccc(N2C=CC(c3ccc([N+](=O)[O-])cc3)C(C(C)=O)=C2C)cc1. The van der Waals surface area contributed by atoms with E-state index in [0.717, 1.165) is 22.7 Å². The predicted molar refractivity (Wildman–Crippen MR) is 104 cm³/mol. The zero-order chi connectivity index (χ0) is 19.6. The molecule has 138 valence electrons. The molecule has 0 N–H and O–H groups in total. The molecule has 0 saturated carbocycles. The number of hydrogen-bond donors (Lipinski definition) is 0. The molecule has 6 nitrogen and oxygen atoms in total. The summed E-state index contributed by atoms with van der Waals surface area (Å²) in [6.45, 7) is 3.45. The summed E-state index contributed by atoms with van der Waals surface area (Å²) >= 11 is 0. The number of Topliss-reactive ketones (excluding diaryl/α,β-unsaturated/α-hetero) is 1. The highest BCUT2D eigenvalue weighted by atomic mass is 16.6. The van der Waals surface area contributed by atoms with E-state index in [2.05, 4.69) is 0 Å². The molecule has 0 bridgehead atoms. The number of methoxy groups -OCH3 is 1. The van der Waals surface area contributed by atoms with Gasteiger partial charge in [0.2, 0.25) is 0 Å². The first kappa shape index (κ1) is 18.4. The molecule has 0 amide bonds. The van der Waals surface area contributed by atoms with Crippen molar-refractivity contribution in [1.29, 1.82) is 0 Å². The minimum Gasteiger partial charge on any atom is -0.497 e. The summed E-state index contributed by atoms with van der Waals surface area (Å²) in [5.74, 6) is 0.494. The number of nitro groups is 1. The summed E-state index contributed by atoms with van der Waals surface area (Å²) < 4.78 is 5.19. The Bertz CT molecular complexity index is 928. The number of ketones is 1. The molecule has 1 aliphatic rings. The molecule has 0 saturated heterocycles. The Morgan fingerprint density at radius 1 is 1.11 bits per heavy atom. The van der Waals surface area contributed by atoms with Crippen molar-refractivity contribution in [2.24, 2.45) is 0 Å². The van der Waals surface area contributed by atoms with Gasteiger partial charge in [0, 0.05) is 41.2 Å². The van der Waals surface area contributed by atoms with Crippen LogP contribution < -0.4 is 9.64 Å². The number of benzene rings is 2. The van der Waals surface area contributed by atoms with Crippen molar-refractivity contribution >= 4 is 17.2 Å². The molecular weight excluding hydrogens is 344 g/mol. The lowest BCUT2D eigenvalue weighted by atomic mass is 9.85. The Hall–Kier alpha value is -3.41. The van der Waals surface area contributed by atoms with Gasteiger partial charge in [0.1, 0.15) is 5.75 Å². The molecule has 27 heavy (non-hydrogen) atoms. The molecule has 0 spiro atoms. The van der Waals surface area contributed by atoms with Crippen molar-refractivity contribution in [3.63, 3.8) is 0 Å². The first-order chi connectivity index (χ1) is 12.9. The summed E-state index contributed by atoms with van der Waals surface area (Å²) in [6, 6.07) is 13.9. The third-order valence-electron chi connectivity index (χ3n) is 4.68. The van der Waals surface area contributed by atoms with Crippen molar-refractivity contribution in [2.45, 2.75) is 19.8 Å². The van der Waals surface area contributed by atoms with Crippen molar-refractivity contribution in [1.82, 2.24) is 0 Å². The molecule has 0 radical (unpaired) electrons. The van der Waals surface area contributed by atoms with Crippen LogP contribution in [-0.2, 0) is 4.79 Å². The molecule has 1 aliphatic heterocycles. The Kier molecular flexibility index (Phi) is 5.07. The lowest BCUT2D eigenvalue weighted by Crippen LogP contribution is -2.24. The van der Waals surface area contributed by atoms with E-state index in [0.29, 0.717) is 5.57 Å². The zero-order valence-corrected chi connectivity index (χ0v) is 15.4. The summed E-state index contributed by atoms with van der Waals surface area (Å²) in [5.41, 5.74) is 3.30. The minimum absolute atomic E-state index is 0.0290. The van der Waals surface area contributed by atoms with Gasteiger partial charge in [-0.2, -0.15) is 0 Å². The molecule has 0 aromatic heterocycles. The number of ether oxygens (including phenoxy) is 1. The van der Waals surface area contributed by atoms with Gasteiger partial charge < -0.3 is 9.64 Å².